The van der Waals surface area contributed by atoms with E-state index in [4.69, 9.17) is 35.4 Å². The zero-order chi connectivity index (χ0) is 65.0. The molecule has 5 heterocycles. The minimum absolute atomic E-state index is 0.00334. The Kier molecular flexibility index (Phi) is 23.5. The van der Waals surface area contributed by atoms with Crippen LogP contribution < -0.4 is 54.4 Å². The lowest BCUT2D eigenvalue weighted by Gasteiger charge is -2.31. The van der Waals surface area contributed by atoms with Gasteiger partial charge in [0.25, 0.3) is 11.5 Å². The van der Waals surface area contributed by atoms with Gasteiger partial charge in [0.05, 0.1) is 68.4 Å². The van der Waals surface area contributed by atoms with Gasteiger partial charge in [0.15, 0.2) is 11.6 Å². The van der Waals surface area contributed by atoms with Gasteiger partial charge in [0.2, 0.25) is 35.4 Å². The van der Waals surface area contributed by atoms with Crippen LogP contribution in [0.4, 0.5) is 0 Å². The molecule has 5 aromatic rings. The molecular weight excluding hydrogens is 1180 g/mol. The molecule has 5 unspecified atom stereocenters. The van der Waals surface area contributed by atoms with Crippen LogP contribution in [0.2, 0.25) is 0 Å². The third-order valence-electron chi connectivity index (χ3n) is 15.3. The Morgan fingerprint density at radius 1 is 0.769 bits per heavy atom. The number of nitrogens with zero attached hydrogens (tertiary/aromatic N) is 4. The first-order chi connectivity index (χ1) is 43.8. The van der Waals surface area contributed by atoms with Gasteiger partial charge >= 0.3 is 11.9 Å². The van der Waals surface area contributed by atoms with E-state index in [1.54, 1.807) is 78.4 Å². The maximum Gasteiger partial charge on any atom is 0.343 e. The number of hydrogen-bond acceptors (Lipinski definition) is 18. The fourth-order valence-corrected chi connectivity index (χ4v) is 10.5. The van der Waals surface area contributed by atoms with E-state index in [1.165, 1.54) is 0 Å². The fourth-order valence-electron chi connectivity index (χ4n) is 10.5. The molecule has 482 valence electrons. The number of aliphatic imine (C=N–C) groups is 1. The summed E-state index contributed by atoms with van der Waals surface area (Å²) in [6.45, 7) is 1.07. The van der Waals surface area contributed by atoms with E-state index < -0.39 is 96.0 Å². The molecule has 7 amide bonds. The number of esters is 1. The van der Waals surface area contributed by atoms with E-state index in [9.17, 15) is 58.2 Å². The van der Waals surface area contributed by atoms with E-state index in [-0.39, 0.29) is 121 Å². The van der Waals surface area contributed by atoms with Gasteiger partial charge in [0.1, 0.15) is 44.0 Å². The van der Waals surface area contributed by atoms with Crippen LogP contribution >= 0.6 is 0 Å². The van der Waals surface area contributed by atoms with Crippen LogP contribution in [0, 0.1) is 0 Å². The van der Waals surface area contributed by atoms with Gasteiger partial charge in [-0.3, -0.25) is 48.1 Å². The van der Waals surface area contributed by atoms with Gasteiger partial charge in [0, 0.05) is 48.7 Å². The molecule has 8 rings (SSSR count). The minimum atomic E-state index is -1.94. The Bertz CT molecular complexity index is 3630. The number of aromatic nitrogens is 2. The number of para-hydroxylation sites is 1. The molecule has 2 aromatic heterocycles. The van der Waals surface area contributed by atoms with Crippen molar-refractivity contribution < 1.29 is 72.3 Å². The SMILES string of the molecule is CCC1(O)C(=O)OCc2c1cc1n(c2=O)Cc2c-1nc1ccccc1c2CC/C=N/NC(=O)COCCOCCOCC(=O)NCc1ccc(CC2NC(=O)C(Cc3ccccc3)NC(=O)C(CC(=O)O)NC(=O)CNC(=O)C(CCCN=C(N)N)NC2=O)cc1. The number of rotatable bonds is 27. The molecular formula is C62H73N13O16. The average Bonchev–Trinajstić information content (AvgIpc) is 1.65. The molecule has 3 aliphatic rings. The maximum absolute atomic E-state index is 14.2. The van der Waals surface area contributed by atoms with Crippen molar-refractivity contribution in [3.63, 3.8) is 0 Å². The topological polar surface area (TPSA) is 427 Å². The molecule has 3 aromatic carbocycles. The third kappa shape index (κ3) is 18.1. The first kappa shape index (κ1) is 67.0. The Hall–Kier alpha value is -9.97. The van der Waals surface area contributed by atoms with Crippen molar-refractivity contribution in [3.8, 4) is 11.4 Å². The normalized spacial score (nSPS) is 19.2. The van der Waals surface area contributed by atoms with E-state index in [0.29, 0.717) is 46.4 Å². The number of nitrogens with two attached hydrogens (primary N) is 2. The molecule has 13 N–H and O–H groups in total. The van der Waals surface area contributed by atoms with Crippen LogP contribution in [0.25, 0.3) is 22.3 Å². The second-order valence-corrected chi connectivity index (χ2v) is 21.7. The largest absolute Gasteiger partial charge is 0.481 e. The Labute approximate surface area is 521 Å². The number of carbonyl (C=O) groups is 9. The van der Waals surface area contributed by atoms with Crippen molar-refractivity contribution in [1.29, 1.82) is 0 Å². The summed E-state index contributed by atoms with van der Waals surface area (Å²) in [5.74, 6) is -7.60. The molecule has 1 saturated heterocycles. The van der Waals surface area contributed by atoms with Crippen LogP contribution in [-0.4, -0.2) is 162 Å². The number of fused-ring (bicyclic) bond motifs is 5. The number of aryl methyl sites for hydroxylation is 1. The lowest BCUT2D eigenvalue weighted by molar-refractivity contribution is -0.172. The van der Waals surface area contributed by atoms with Crippen molar-refractivity contribution in [3.05, 3.63) is 134 Å². The van der Waals surface area contributed by atoms with Crippen molar-refractivity contribution in [2.75, 3.05) is 52.7 Å². The number of ether oxygens (including phenoxy) is 4. The van der Waals surface area contributed by atoms with Crippen LogP contribution in [0.5, 0.6) is 0 Å². The maximum atomic E-state index is 14.2. The first-order valence-electron chi connectivity index (χ1n) is 29.6. The van der Waals surface area contributed by atoms with Crippen LogP contribution in [0.15, 0.2) is 99.8 Å². The summed E-state index contributed by atoms with van der Waals surface area (Å²) in [4.78, 5) is 141. The van der Waals surface area contributed by atoms with Gasteiger partial charge in [-0.1, -0.05) is 79.7 Å². The number of nitrogens with one attached hydrogen (secondary N) is 7. The highest BCUT2D eigenvalue weighted by atomic mass is 16.6. The molecule has 0 radical (unpaired) electrons. The summed E-state index contributed by atoms with van der Waals surface area (Å²) < 4.78 is 23.2. The summed E-state index contributed by atoms with van der Waals surface area (Å²) in [6, 6.07) is 19.0. The predicted octanol–water partition coefficient (Wildman–Crippen LogP) is -1.14. The average molecular weight is 1260 g/mol. The number of carboxylic acids is 1. The van der Waals surface area contributed by atoms with Crippen molar-refractivity contribution in [2.45, 2.75) is 108 Å². The molecule has 0 aliphatic carbocycles. The van der Waals surface area contributed by atoms with Crippen molar-refractivity contribution >= 4 is 76.4 Å². The van der Waals surface area contributed by atoms with Gasteiger partial charge < -0.3 is 77.1 Å². The van der Waals surface area contributed by atoms with Gasteiger partial charge in [-0.15, -0.1) is 0 Å². The number of amides is 7. The smallest absolute Gasteiger partial charge is 0.343 e. The Morgan fingerprint density at radius 2 is 1.40 bits per heavy atom. The van der Waals surface area contributed by atoms with Crippen molar-refractivity contribution in [1.82, 2.24) is 46.9 Å². The number of benzene rings is 3. The quantitative estimate of drug-likeness (QED) is 0.00955. The third-order valence-corrected chi connectivity index (χ3v) is 15.3. The number of aliphatic carboxylic acids is 1. The first-order valence-corrected chi connectivity index (χ1v) is 29.6. The number of carbonyl (C=O) groups excluding carboxylic acids is 8. The Morgan fingerprint density at radius 3 is 2.08 bits per heavy atom. The zero-order valence-electron chi connectivity index (χ0n) is 50.0. The highest BCUT2D eigenvalue weighted by Crippen LogP contribution is 2.40. The monoisotopic (exact) mass is 1260 g/mol. The summed E-state index contributed by atoms with van der Waals surface area (Å²) in [5.41, 5.74) is 17.0. The van der Waals surface area contributed by atoms with E-state index in [0.717, 1.165) is 16.5 Å². The van der Waals surface area contributed by atoms with Crippen molar-refractivity contribution in [2.24, 2.45) is 21.6 Å². The second-order valence-electron chi connectivity index (χ2n) is 21.7. The van der Waals surface area contributed by atoms with E-state index >= 15 is 0 Å². The number of carboxylic acid groups (broad SMARTS) is 1. The Balaban J connectivity index is 0.761. The molecule has 29 heteroatoms. The molecule has 91 heavy (non-hydrogen) atoms. The van der Waals surface area contributed by atoms with Gasteiger partial charge in [-0.25, -0.2) is 15.2 Å². The highest BCUT2D eigenvalue weighted by molar-refractivity contribution is 5.98. The summed E-state index contributed by atoms with van der Waals surface area (Å²) in [7, 11) is 0. The van der Waals surface area contributed by atoms with Gasteiger partial charge in [-0.2, -0.15) is 5.10 Å². The van der Waals surface area contributed by atoms with Crippen LogP contribution in [-0.2, 0) is 107 Å². The molecule has 1 fully saturated rings. The molecule has 0 saturated carbocycles. The summed E-state index contributed by atoms with van der Waals surface area (Å²) >= 11 is 0. The second kappa shape index (κ2) is 32.0. The fraction of sp³-hybridized carbons (Fsp3) is 0.403. The van der Waals surface area contributed by atoms with E-state index in [2.05, 4.69) is 47.4 Å². The van der Waals surface area contributed by atoms with Gasteiger partial charge in [-0.05, 0) is 66.5 Å². The van der Waals surface area contributed by atoms with Crippen LogP contribution in [0.1, 0.15) is 78.0 Å². The minimum Gasteiger partial charge on any atom is -0.481 e. The lowest BCUT2D eigenvalue weighted by Crippen LogP contribution is -2.58. The molecule has 5 atom stereocenters. The standard InChI is InChI=1S/C62H73N13O16/c1-2-62(87)43-28-49-54-41(32-75(49)59(85)42(43)33-91-60(62)86)39(40-12-6-7-14-44(40)70-54)13-8-21-68-74-52(78)35-90-25-23-88-22-24-89-34-51(77)66-30-38-18-16-37(17-19-38)27-47-56(82)71-45(15-9-20-65-61(63)64)55(81)67-31-50(76)69-48(29-53(79)80)58(84)73-46(57(83)72-47)26-36-10-4-3-5-11-36/h3-7,10-12,14,16-19,21,28,45-48,87H,2,8-9,13,15,20,22-27,29-35H2,1H3,(H,66,77)(H,67,81)(H,69,76)(H,71,82)(H,72,83)(H,73,84)(H,74,78)(H,79,80)(H4,63,64,65)/b68-21+. The zero-order valence-corrected chi connectivity index (χ0v) is 50.0. The molecule has 3 aliphatic heterocycles. The molecule has 0 bridgehead atoms. The highest BCUT2D eigenvalue weighted by Gasteiger charge is 2.46. The number of guanidine groups is 1. The summed E-state index contributed by atoms with van der Waals surface area (Å²) in [5, 5.41) is 41.3. The molecule has 29 nitrogen and oxygen atoms in total. The summed E-state index contributed by atoms with van der Waals surface area (Å²) in [6.07, 6.45) is 1.69. The predicted molar refractivity (Wildman–Crippen MR) is 327 cm³/mol. The molecule has 0 spiro atoms. The van der Waals surface area contributed by atoms with Crippen LogP contribution in [0.3, 0.4) is 0 Å². The number of pyridine rings is 2. The number of hydrogen-bond donors (Lipinski definition) is 11. The number of cyclic esters (lactones) is 1. The number of aliphatic hydroxyl groups is 1. The number of hydrazone groups is 1. The van der Waals surface area contributed by atoms with E-state index in [1.807, 2.05) is 24.3 Å². The lowest BCUT2D eigenvalue weighted by atomic mass is 9.86.